The minimum absolute atomic E-state index is 0.000511. The highest BCUT2D eigenvalue weighted by Gasteiger charge is 2.38. The quantitative estimate of drug-likeness (QED) is 0.755. The number of carbonyl (C=O) groups excluding carboxylic acids is 2. The zero-order valence-electron chi connectivity index (χ0n) is 14.7. The smallest absolute Gasteiger partial charge is 0.240 e. The molecule has 1 aromatic rings. The maximum absolute atomic E-state index is 12.4. The summed E-state index contributed by atoms with van der Waals surface area (Å²) in [6.45, 7) is 2.01. The SMILES string of the molecule is NC1(C(=O)NC2CCN(CC(=O)Nc3ccccc3)CC2)CCCC1. The van der Waals surface area contributed by atoms with E-state index < -0.39 is 5.54 Å². The Morgan fingerprint density at radius 1 is 1.12 bits per heavy atom. The highest BCUT2D eigenvalue weighted by Crippen LogP contribution is 2.27. The monoisotopic (exact) mass is 344 g/mol. The Morgan fingerprint density at radius 3 is 2.40 bits per heavy atom. The van der Waals surface area contributed by atoms with Gasteiger partial charge >= 0.3 is 0 Å². The lowest BCUT2D eigenvalue weighted by atomic mass is 9.96. The van der Waals surface area contributed by atoms with Crippen LogP contribution < -0.4 is 16.4 Å². The van der Waals surface area contributed by atoms with Gasteiger partial charge in [-0.2, -0.15) is 0 Å². The van der Waals surface area contributed by atoms with Crippen molar-refractivity contribution in [2.45, 2.75) is 50.1 Å². The number of nitrogens with one attached hydrogen (secondary N) is 2. The normalized spacial score (nSPS) is 21.0. The van der Waals surface area contributed by atoms with Crippen molar-refractivity contribution in [2.24, 2.45) is 5.73 Å². The molecular weight excluding hydrogens is 316 g/mol. The Hall–Kier alpha value is -1.92. The van der Waals surface area contributed by atoms with Crippen molar-refractivity contribution in [1.29, 1.82) is 0 Å². The molecule has 0 unspecified atom stereocenters. The van der Waals surface area contributed by atoms with Crippen LogP contribution in [0.15, 0.2) is 30.3 Å². The van der Waals surface area contributed by atoms with Crippen LogP contribution in [0.5, 0.6) is 0 Å². The number of anilines is 1. The third-order valence-electron chi connectivity index (χ3n) is 5.30. The van der Waals surface area contributed by atoms with E-state index in [0.29, 0.717) is 6.54 Å². The molecule has 1 aliphatic carbocycles. The van der Waals surface area contributed by atoms with Gasteiger partial charge in [-0.1, -0.05) is 31.0 Å². The van der Waals surface area contributed by atoms with Crippen LogP contribution in [0.25, 0.3) is 0 Å². The number of nitrogens with zero attached hydrogens (tertiary/aromatic N) is 1. The second-order valence-electron chi connectivity index (χ2n) is 7.30. The van der Waals surface area contributed by atoms with Gasteiger partial charge in [0.05, 0.1) is 12.1 Å². The first-order valence-corrected chi connectivity index (χ1v) is 9.22. The van der Waals surface area contributed by atoms with Crippen molar-refractivity contribution in [1.82, 2.24) is 10.2 Å². The summed E-state index contributed by atoms with van der Waals surface area (Å²) in [5.74, 6) is 0.00539. The van der Waals surface area contributed by atoms with Crippen molar-refractivity contribution in [3.05, 3.63) is 30.3 Å². The van der Waals surface area contributed by atoms with Crippen LogP contribution in [-0.2, 0) is 9.59 Å². The first kappa shape index (κ1) is 17.9. The van der Waals surface area contributed by atoms with Gasteiger partial charge in [0.1, 0.15) is 0 Å². The molecule has 2 aliphatic rings. The van der Waals surface area contributed by atoms with Gasteiger partial charge < -0.3 is 16.4 Å². The maximum atomic E-state index is 12.4. The van der Waals surface area contributed by atoms with Gasteiger partial charge in [-0.25, -0.2) is 0 Å². The molecule has 3 rings (SSSR count). The fourth-order valence-corrected chi connectivity index (χ4v) is 3.72. The number of hydrogen-bond donors (Lipinski definition) is 3. The number of likely N-dealkylation sites (tertiary alicyclic amines) is 1. The van der Waals surface area contributed by atoms with Crippen LogP contribution in [0.1, 0.15) is 38.5 Å². The van der Waals surface area contributed by atoms with E-state index in [1.165, 1.54) is 0 Å². The zero-order chi connectivity index (χ0) is 17.7. The van der Waals surface area contributed by atoms with Crippen LogP contribution in [0, 0.1) is 0 Å². The molecule has 1 saturated heterocycles. The summed E-state index contributed by atoms with van der Waals surface area (Å²) < 4.78 is 0. The van der Waals surface area contributed by atoms with Gasteiger partial charge in [0.15, 0.2) is 0 Å². The second kappa shape index (κ2) is 7.97. The number of nitrogens with two attached hydrogens (primary N) is 1. The van der Waals surface area contributed by atoms with Gasteiger partial charge in [-0.05, 0) is 37.8 Å². The fraction of sp³-hybridized carbons (Fsp3) is 0.579. The second-order valence-corrected chi connectivity index (χ2v) is 7.30. The van der Waals surface area contributed by atoms with E-state index in [1.54, 1.807) is 0 Å². The average Bonchev–Trinajstić information content (AvgIpc) is 3.05. The molecule has 1 aromatic carbocycles. The van der Waals surface area contributed by atoms with Crippen molar-refractivity contribution in [3.63, 3.8) is 0 Å². The number of para-hydroxylation sites is 1. The minimum atomic E-state index is -0.660. The van der Waals surface area contributed by atoms with Crippen molar-refractivity contribution >= 4 is 17.5 Å². The van der Waals surface area contributed by atoms with E-state index in [4.69, 9.17) is 5.73 Å². The van der Waals surface area contributed by atoms with Gasteiger partial charge in [0.2, 0.25) is 11.8 Å². The summed E-state index contributed by atoms with van der Waals surface area (Å²) >= 11 is 0. The molecule has 0 bridgehead atoms. The third kappa shape index (κ3) is 4.80. The number of amides is 2. The molecule has 2 fully saturated rings. The standard InChI is InChI=1S/C19H28N4O2/c20-19(10-4-5-11-19)18(25)22-16-8-12-23(13-9-16)14-17(24)21-15-6-2-1-3-7-15/h1-3,6-7,16H,4-5,8-14,20H2,(H,21,24)(H,22,25). The van der Waals surface area contributed by atoms with Crippen molar-refractivity contribution < 1.29 is 9.59 Å². The highest BCUT2D eigenvalue weighted by atomic mass is 16.2. The molecule has 0 atom stereocenters. The molecule has 1 saturated carbocycles. The van der Waals surface area contributed by atoms with Gasteiger partial charge in [-0.3, -0.25) is 14.5 Å². The molecule has 0 radical (unpaired) electrons. The maximum Gasteiger partial charge on any atom is 0.240 e. The minimum Gasteiger partial charge on any atom is -0.352 e. The number of piperidine rings is 1. The average molecular weight is 344 g/mol. The summed E-state index contributed by atoms with van der Waals surface area (Å²) in [5.41, 5.74) is 6.37. The lowest BCUT2D eigenvalue weighted by molar-refractivity contribution is -0.127. The zero-order valence-corrected chi connectivity index (χ0v) is 14.7. The number of hydrogen-bond acceptors (Lipinski definition) is 4. The van der Waals surface area contributed by atoms with Crippen molar-refractivity contribution in [2.75, 3.05) is 25.0 Å². The molecule has 6 heteroatoms. The van der Waals surface area contributed by atoms with Crippen LogP contribution in [0.4, 0.5) is 5.69 Å². The molecule has 6 nitrogen and oxygen atoms in total. The van der Waals surface area contributed by atoms with E-state index >= 15 is 0 Å². The topological polar surface area (TPSA) is 87.5 Å². The Morgan fingerprint density at radius 2 is 1.76 bits per heavy atom. The van der Waals surface area contributed by atoms with Gasteiger partial charge in [0.25, 0.3) is 0 Å². The summed E-state index contributed by atoms with van der Waals surface area (Å²) in [4.78, 5) is 26.6. The Bertz CT molecular complexity index is 591. The van der Waals surface area contributed by atoms with Gasteiger partial charge in [-0.15, -0.1) is 0 Å². The molecule has 0 spiro atoms. The van der Waals surface area contributed by atoms with Crippen LogP contribution in [0.3, 0.4) is 0 Å². The van der Waals surface area contributed by atoms with Gasteiger partial charge in [0, 0.05) is 24.8 Å². The molecule has 1 aliphatic heterocycles. The van der Waals surface area contributed by atoms with Crippen LogP contribution in [0.2, 0.25) is 0 Å². The van der Waals surface area contributed by atoms with E-state index in [-0.39, 0.29) is 17.9 Å². The number of carbonyl (C=O) groups is 2. The van der Waals surface area contributed by atoms with E-state index in [1.807, 2.05) is 30.3 Å². The van der Waals surface area contributed by atoms with E-state index in [9.17, 15) is 9.59 Å². The van der Waals surface area contributed by atoms with Crippen molar-refractivity contribution in [3.8, 4) is 0 Å². The molecule has 0 aromatic heterocycles. The number of benzene rings is 1. The molecule has 25 heavy (non-hydrogen) atoms. The van der Waals surface area contributed by atoms with E-state index in [2.05, 4.69) is 15.5 Å². The first-order valence-electron chi connectivity index (χ1n) is 9.22. The summed E-state index contributed by atoms with van der Waals surface area (Å²) in [5, 5.41) is 6.03. The molecule has 4 N–H and O–H groups in total. The Balaban J connectivity index is 1.40. The predicted molar refractivity (Wildman–Crippen MR) is 98.1 cm³/mol. The molecular formula is C19H28N4O2. The molecule has 2 amide bonds. The third-order valence-corrected chi connectivity index (χ3v) is 5.30. The van der Waals surface area contributed by atoms with Crippen LogP contribution >= 0.6 is 0 Å². The fourth-order valence-electron chi connectivity index (χ4n) is 3.72. The van der Waals surface area contributed by atoms with E-state index in [0.717, 1.165) is 57.3 Å². The summed E-state index contributed by atoms with van der Waals surface area (Å²) in [7, 11) is 0. The highest BCUT2D eigenvalue weighted by molar-refractivity contribution is 5.92. The molecule has 136 valence electrons. The Kier molecular flexibility index (Phi) is 5.71. The summed E-state index contributed by atoms with van der Waals surface area (Å²) in [6, 6.07) is 9.65. The lowest BCUT2D eigenvalue weighted by Crippen LogP contribution is -2.56. The summed E-state index contributed by atoms with van der Waals surface area (Å²) in [6.07, 6.45) is 5.38. The lowest BCUT2D eigenvalue weighted by Gasteiger charge is -2.33. The van der Waals surface area contributed by atoms with Crippen LogP contribution in [-0.4, -0.2) is 47.9 Å². The predicted octanol–water partition coefficient (Wildman–Crippen LogP) is 1.48. The largest absolute Gasteiger partial charge is 0.352 e. The Labute approximate surface area is 149 Å². The number of rotatable bonds is 5. The molecule has 1 heterocycles. The first-order chi connectivity index (χ1) is 12.0.